The molecule has 7 nitrogen and oxygen atoms in total. The second-order valence-corrected chi connectivity index (χ2v) is 11.5. The number of nitrogens with zero attached hydrogens (tertiary/aromatic N) is 4. The van der Waals surface area contributed by atoms with E-state index in [1.165, 1.54) is 61.5 Å². The molecule has 0 amide bonds. The zero-order valence-corrected chi connectivity index (χ0v) is 24.2. The number of alkyl halides is 3. The lowest BCUT2D eigenvalue weighted by molar-refractivity contribution is -0.129. The molecule has 0 aliphatic heterocycles. The Morgan fingerprint density at radius 3 is 2.48 bits per heavy atom. The molecule has 3 N–H and O–H groups in total. The molecule has 4 rings (SSSR count). The van der Waals surface area contributed by atoms with Gasteiger partial charge in [0.15, 0.2) is 0 Å². The van der Waals surface area contributed by atoms with E-state index in [4.69, 9.17) is 5.73 Å². The first kappa shape index (κ1) is 31.7. The summed E-state index contributed by atoms with van der Waals surface area (Å²) in [6, 6.07) is 5.41. The number of aromatic nitrogens is 3. The number of rotatable bonds is 8. The second-order valence-electron chi connectivity index (χ2n) is 10.6. The van der Waals surface area contributed by atoms with Gasteiger partial charge in [-0.15, -0.1) is 0 Å². The Kier molecular flexibility index (Phi) is 11.2. The molecule has 1 fully saturated rings. The molecule has 0 bridgehead atoms. The molecule has 0 radical (unpaired) electrons. The minimum Gasteiger partial charge on any atom is -0.368 e. The van der Waals surface area contributed by atoms with Crippen LogP contribution in [0.5, 0.6) is 0 Å². The van der Waals surface area contributed by atoms with Crippen molar-refractivity contribution in [1.29, 1.82) is 0 Å². The van der Waals surface area contributed by atoms with Gasteiger partial charge in [-0.2, -0.15) is 18.2 Å². The van der Waals surface area contributed by atoms with E-state index in [2.05, 4.69) is 33.7 Å². The van der Waals surface area contributed by atoms with Crippen molar-refractivity contribution in [3.63, 3.8) is 0 Å². The third kappa shape index (κ3) is 9.09. The molecule has 0 spiro atoms. The van der Waals surface area contributed by atoms with Crippen LogP contribution in [0.25, 0.3) is 22.2 Å². The molecule has 3 aromatic rings. The third-order valence-corrected chi connectivity index (χ3v) is 7.38. The number of halogens is 4. The van der Waals surface area contributed by atoms with E-state index < -0.39 is 18.4 Å². The van der Waals surface area contributed by atoms with Crippen LogP contribution in [0.15, 0.2) is 35.3 Å². The van der Waals surface area contributed by atoms with Gasteiger partial charge >= 0.3 is 6.18 Å². The zero-order chi connectivity index (χ0) is 29.4. The van der Waals surface area contributed by atoms with Crippen molar-refractivity contribution in [2.24, 2.45) is 5.92 Å². The molecule has 220 valence electrons. The van der Waals surface area contributed by atoms with Gasteiger partial charge in [0.05, 0.1) is 12.1 Å². The molecule has 1 aliphatic carbocycles. The van der Waals surface area contributed by atoms with Gasteiger partial charge in [-0.1, -0.05) is 37.3 Å². The van der Waals surface area contributed by atoms with E-state index >= 15 is 0 Å². The summed E-state index contributed by atoms with van der Waals surface area (Å²) in [5, 5.41) is 0.567. The number of anilines is 2. The number of nitrogens with two attached hydrogens (primary N) is 1. The van der Waals surface area contributed by atoms with Crippen LogP contribution in [0.3, 0.4) is 0 Å². The molecule has 0 unspecified atom stereocenters. The molecule has 1 saturated carbocycles. The standard InChI is InChI=1S/C19H19F4N5OS.C9H19N/c1-10(2)28-16-12(9-25-18(24)26-16)7-13(17(28)29)11-3-4-15(14(20)8-11)27-30-6-5-19(21,22)23;1-10(2)8-9-6-4-3-5-7-9/h3-4,7-10,27H,5-6H2,1-2H3,(H2,24,25,26);9H,3-8H2,1-2H3. The zero-order valence-electron chi connectivity index (χ0n) is 23.4. The van der Waals surface area contributed by atoms with Gasteiger partial charge in [0, 0.05) is 35.5 Å². The maximum atomic E-state index is 14.5. The highest BCUT2D eigenvalue weighted by atomic mass is 32.2. The first-order valence-electron chi connectivity index (χ1n) is 13.4. The van der Waals surface area contributed by atoms with Crippen LogP contribution in [0.2, 0.25) is 0 Å². The van der Waals surface area contributed by atoms with Crippen molar-refractivity contribution in [2.75, 3.05) is 36.8 Å². The lowest BCUT2D eigenvalue weighted by atomic mass is 9.89. The Hall–Kier alpha value is -2.86. The van der Waals surface area contributed by atoms with Crippen LogP contribution in [0, 0.1) is 11.7 Å². The summed E-state index contributed by atoms with van der Waals surface area (Å²) in [6.07, 6.45) is 3.60. The fraction of sp³-hybridized carbons (Fsp3) is 0.536. The number of benzene rings is 1. The molecular formula is C28H38F4N6OS. The van der Waals surface area contributed by atoms with E-state index in [1.807, 2.05) is 13.8 Å². The average Bonchev–Trinajstić information content (AvgIpc) is 2.87. The Bertz CT molecular complexity index is 1320. The summed E-state index contributed by atoms with van der Waals surface area (Å²) in [6.45, 7) is 4.93. The summed E-state index contributed by atoms with van der Waals surface area (Å²) in [5.41, 5.74) is 6.27. The van der Waals surface area contributed by atoms with Gasteiger partial charge < -0.3 is 15.4 Å². The minimum absolute atomic E-state index is 0.0343. The largest absolute Gasteiger partial charge is 0.389 e. The molecule has 1 aromatic carbocycles. The average molecular weight is 583 g/mol. The smallest absolute Gasteiger partial charge is 0.368 e. The first-order valence-corrected chi connectivity index (χ1v) is 14.4. The van der Waals surface area contributed by atoms with Gasteiger partial charge in [0.2, 0.25) is 5.95 Å². The number of fused-ring (bicyclic) bond motifs is 1. The quantitative estimate of drug-likeness (QED) is 0.170. The van der Waals surface area contributed by atoms with Crippen LogP contribution in [-0.4, -0.2) is 52.0 Å². The molecule has 40 heavy (non-hydrogen) atoms. The topological polar surface area (TPSA) is 89.1 Å². The molecular weight excluding hydrogens is 544 g/mol. The number of pyridine rings is 1. The SMILES string of the molecule is CC(C)n1c(=O)c(-c2ccc(NSCCC(F)(F)F)c(F)c2)cc2cnc(N)nc21.CN(C)CC1CCCCC1. The van der Waals surface area contributed by atoms with Gasteiger partial charge in [-0.3, -0.25) is 9.36 Å². The van der Waals surface area contributed by atoms with Crippen molar-refractivity contribution in [2.45, 2.75) is 64.6 Å². The molecule has 0 atom stereocenters. The van der Waals surface area contributed by atoms with Gasteiger partial charge in [-0.25, -0.2) is 9.37 Å². The number of hydrogen-bond acceptors (Lipinski definition) is 7. The van der Waals surface area contributed by atoms with Gasteiger partial charge in [-0.05, 0) is 70.5 Å². The van der Waals surface area contributed by atoms with Crippen LogP contribution in [0.1, 0.15) is 58.4 Å². The van der Waals surface area contributed by atoms with E-state index in [9.17, 15) is 22.4 Å². The summed E-state index contributed by atoms with van der Waals surface area (Å²) >= 11 is 0.758. The molecule has 0 saturated heterocycles. The Balaban J connectivity index is 0.000000371. The Morgan fingerprint density at radius 1 is 1.18 bits per heavy atom. The normalized spacial score (nSPS) is 14.4. The minimum atomic E-state index is -4.27. The maximum Gasteiger partial charge on any atom is 0.389 e. The fourth-order valence-electron chi connectivity index (χ4n) is 4.77. The van der Waals surface area contributed by atoms with E-state index in [0.29, 0.717) is 16.6 Å². The highest BCUT2D eigenvalue weighted by Gasteiger charge is 2.26. The summed E-state index contributed by atoms with van der Waals surface area (Å²) in [5.74, 6) is 0.103. The number of nitrogens with one attached hydrogen (secondary N) is 1. The number of hydrogen-bond donors (Lipinski definition) is 2. The van der Waals surface area contributed by atoms with Gasteiger partial charge in [0.1, 0.15) is 11.5 Å². The third-order valence-electron chi connectivity index (χ3n) is 6.61. The molecule has 1 aliphatic rings. The predicted octanol–water partition coefficient (Wildman–Crippen LogP) is 6.90. The van der Waals surface area contributed by atoms with Gasteiger partial charge in [0.25, 0.3) is 5.56 Å². The van der Waals surface area contributed by atoms with Crippen molar-refractivity contribution in [1.82, 2.24) is 19.4 Å². The van der Waals surface area contributed by atoms with Crippen LogP contribution < -0.4 is 16.0 Å². The Morgan fingerprint density at radius 2 is 1.88 bits per heavy atom. The van der Waals surface area contributed by atoms with Crippen molar-refractivity contribution < 1.29 is 17.6 Å². The molecule has 2 aromatic heterocycles. The van der Waals surface area contributed by atoms with Crippen LogP contribution in [0.4, 0.5) is 29.2 Å². The van der Waals surface area contributed by atoms with E-state index in [1.54, 1.807) is 6.07 Å². The summed E-state index contributed by atoms with van der Waals surface area (Å²) in [7, 11) is 4.35. The van der Waals surface area contributed by atoms with E-state index in [-0.39, 0.29) is 34.6 Å². The monoisotopic (exact) mass is 582 g/mol. The first-order chi connectivity index (χ1) is 18.9. The highest BCUT2D eigenvalue weighted by molar-refractivity contribution is 8.00. The Labute approximate surface area is 236 Å². The second kappa shape index (κ2) is 14.2. The van der Waals surface area contributed by atoms with Crippen LogP contribution in [-0.2, 0) is 0 Å². The van der Waals surface area contributed by atoms with Crippen molar-refractivity contribution >= 4 is 34.6 Å². The highest BCUT2D eigenvalue weighted by Crippen LogP contribution is 2.28. The fourth-order valence-corrected chi connectivity index (χ4v) is 5.52. The maximum absolute atomic E-state index is 14.5. The van der Waals surface area contributed by atoms with E-state index in [0.717, 1.165) is 23.9 Å². The molecule has 2 heterocycles. The lowest BCUT2D eigenvalue weighted by Gasteiger charge is -2.24. The van der Waals surface area contributed by atoms with Crippen molar-refractivity contribution in [3.05, 3.63) is 46.6 Å². The predicted molar refractivity (Wildman–Crippen MR) is 156 cm³/mol. The van der Waals surface area contributed by atoms with Crippen LogP contribution >= 0.6 is 11.9 Å². The lowest BCUT2D eigenvalue weighted by Crippen LogP contribution is -2.25. The molecule has 12 heteroatoms. The number of nitrogen functional groups attached to an aromatic ring is 1. The van der Waals surface area contributed by atoms with Crippen molar-refractivity contribution in [3.8, 4) is 11.1 Å². The summed E-state index contributed by atoms with van der Waals surface area (Å²) in [4.78, 5) is 23.5. The summed E-state index contributed by atoms with van der Waals surface area (Å²) < 4.78 is 55.1.